The summed E-state index contributed by atoms with van der Waals surface area (Å²) in [5.74, 6) is -2.35. The van der Waals surface area contributed by atoms with Crippen LogP contribution in [0, 0.1) is 11.6 Å². The van der Waals surface area contributed by atoms with Crippen LogP contribution in [-0.4, -0.2) is 5.78 Å². The van der Waals surface area contributed by atoms with Gasteiger partial charge in [-0.05, 0) is 18.2 Å². The first kappa shape index (κ1) is 9.86. The number of halogens is 3. The van der Waals surface area contributed by atoms with Crippen LogP contribution in [0.5, 0.6) is 0 Å². The lowest BCUT2D eigenvalue weighted by Crippen LogP contribution is -1.99. The van der Waals surface area contributed by atoms with E-state index in [0.717, 1.165) is 18.2 Å². The SMILES string of the molecule is C=CC(=O)c1cc(F)c(Cl)cc1F. The molecular weight excluding hydrogens is 198 g/mol. The van der Waals surface area contributed by atoms with Gasteiger partial charge in [-0.15, -0.1) is 0 Å². The van der Waals surface area contributed by atoms with Crippen LogP contribution in [0.2, 0.25) is 5.02 Å². The number of carbonyl (C=O) groups is 1. The molecule has 0 N–H and O–H groups in total. The molecule has 1 aromatic carbocycles. The van der Waals surface area contributed by atoms with Crippen molar-refractivity contribution in [3.63, 3.8) is 0 Å². The lowest BCUT2D eigenvalue weighted by atomic mass is 10.1. The molecule has 4 heteroatoms. The Labute approximate surface area is 78.6 Å². The van der Waals surface area contributed by atoms with E-state index < -0.39 is 17.4 Å². The zero-order valence-corrected chi connectivity index (χ0v) is 7.24. The van der Waals surface area contributed by atoms with E-state index in [1.54, 1.807) is 0 Å². The van der Waals surface area contributed by atoms with Crippen LogP contribution >= 0.6 is 11.6 Å². The van der Waals surface area contributed by atoms with Gasteiger partial charge in [0.05, 0.1) is 10.6 Å². The van der Waals surface area contributed by atoms with Gasteiger partial charge in [-0.1, -0.05) is 18.2 Å². The summed E-state index contributed by atoms with van der Waals surface area (Å²) in [4.78, 5) is 10.9. The van der Waals surface area contributed by atoms with Crippen LogP contribution in [-0.2, 0) is 0 Å². The number of allylic oxidation sites excluding steroid dienone is 1. The molecule has 0 heterocycles. The number of hydrogen-bond donors (Lipinski definition) is 0. The van der Waals surface area contributed by atoms with Crippen molar-refractivity contribution >= 4 is 17.4 Å². The normalized spacial score (nSPS) is 9.77. The average molecular weight is 203 g/mol. The third-order valence-electron chi connectivity index (χ3n) is 1.46. The maximum absolute atomic E-state index is 12.9. The smallest absolute Gasteiger partial charge is 0.188 e. The van der Waals surface area contributed by atoms with E-state index in [0.29, 0.717) is 0 Å². The standard InChI is InChI=1S/C9H5ClF2O/c1-2-9(13)5-3-8(12)6(10)4-7(5)11/h2-4H,1H2. The zero-order valence-electron chi connectivity index (χ0n) is 6.48. The van der Waals surface area contributed by atoms with Gasteiger partial charge in [0, 0.05) is 0 Å². The Morgan fingerprint density at radius 3 is 2.54 bits per heavy atom. The summed E-state index contributed by atoms with van der Waals surface area (Å²) in [6.45, 7) is 3.16. The molecule has 0 saturated carbocycles. The molecule has 0 aliphatic carbocycles. The predicted octanol–water partition coefficient (Wildman–Crippen LogP) is 2.99. The first-order valence-electron chi connectivity index (χ1n) is 3.37. The van der Waals surface area contributed by atoms with Crippen molar-refractivity contribution in [1.29, 1.82) is 0 Å². The number of hydrogen-bond acceptors (Lipinski definition) is 1. The Morgan fingerprint density at radius 2 is 2.00 bits per heavy atom. The second-order valence-corrected chi connectivity index (χ2v) is 2.72. The van der Waals surface area contributed by atoms with E-state index >= 15 is 0 Å². The highest BCUT2D eigenvalue weighted by Gasteiger charge is 2.12. The second kappa shape index (κ2) is 3.66. The molecule has 0 amide bonds. The summed E-state index contributed by atoms with van der Waals surface area (Å²) >= 11 is 5.28. The molecule has 0 fully saturated rings. The van der Waals surface area contributed by atoms with Gasteiger partial charge in [0.15, 0.2) is 5.78 Å². The zero-order chi connectivity index (χ0) is 10.0. The van der Waals surface area contributed by atoms with Crippen LogP contribution in [0.15, 0.2) is 24.8 Å². The van der Waals surface area contributed by atoms with E-state index in [9.17, 15) is 13.6 Å². The van der Waals surface area contributed by atoms with E-state index in [1.165, 1.54) is 0 Å². The fourth-order valence-corrected chi connectivity index (χ4v) is 0.972. The van der Waals surface area contributed by atoms with Crippen LogP contribution in [0.25, 0.3) is 0 Å². The quantitative estimate of drug-likeness (QED) is 0.409. The third kappa shape index (κ3) is 1.92. The van der Waals surface area contributed by atoms with Crippen LogP contribution in [0.4, 0.5) is 8.78 Å². The molecule has 68 valence electrons. The molecule has 13 heavy (non-hydrogen) atoms. The monoisotopic (exact) mass is 202 g/mol. The van der Waals surface area contributed by atoms with E-state index in [1.807, 2.05) is 0 Å². The summed E-state index contributed by atoms with van der Waals surface area (Å²) < 4.78 is 25.7. The molecule has 0 unspecified atom stereocenters. The minimum Gasteiger partial charge on any atom is -0.289 e. The van der Waals surface area contributed by atoms with Crippen molar-refractivity contribution in [3.8, 4) is 0 Å². The average Bonchev–Trinajstić information content (AvgIpc) is 2.10. The predicted molar refractivity (Wildman–Crippen MR) is 45.9 cm³/mol. The first-order chi connectivity index (χ1) is 6.06. The Morgan fingerprint density at radius 1 is 1.38 bits per heavy atom. The third-order valence-corrected chi connectivity index (χ3v) is 1.75. The molecule has 0 bridgehead atoms. The molecule has 0 aliphatic rings. The van der Waals surface area contributed by atoms with Gasteiger partial charge >= 0.3 is 0 Å². The molecule has 0 spiro atoms. The van der Waals surface area contributed by atoms with Gasteiger partial charge in [0.25, 0.3) is 0 Å². The summed E-state index contributed by atoms with van der Waals surface area (Å²) in [5, 5.41) is -0.349. The minimum atomic E-state index is -0.851. The number of rotatable bonds is 2. The van der Waals surface area contributed by atoms with Crippen LogP contribution in [0.1, 0.15) is 10.4 Å². The summed E-state index contributed by atoms with van der Waals surface area (Å²) in [7, 11) is 0. The fourth-order valence-electron chi connectivity index (χ4n) is 0.821. The van der Waals surface area contributed by atoms with E-state index in [-0.39, 0.29) is 10.6 Å². The van der Waals surface area contributed by atoms with Crippen molar-refractivity contribution in [2.75, 3.05) is 0 Å². The van der Waals surface area contributed by atoms with Gasteiger partial charge in [0.1, 0.15) is 11.6 Å². The van der Waals surface area contributed by atoms with Gasteiger partial charge in [-0.2, -0.15) is 0 Å². The lowest BCUT2D eigenvalue weighted by molar-refractivity contribution is 0.104. The summed E-state index contributed by atoms with van der Waals surface area (Å²) in [5.41, 5.74) is -0.364. The minimum absolute atomic E-state index is 0.349. The van der Waals surface area contributed by atoms with Crippen molar-refractivity contribution in [3.05, 3.63) is 47.0 Å². The van der Waals surface area contributed by atoms with Crippen molar-refractivity contribution in [1.82, 2.24) is 0 Å². The number of benzene rings is 1. The molecule has 0 radical (unpaired) electrons. The Bertz CT molecular complexity index is 374. The second-order valence-electron chi connectivity index (χ2n) is 2.31. The molecule has 0 aliphatic heterocycles. The lowest BCUT2D eigenvalue weighted by Gasteiger charge is -2.00. The largest absolute Gasteiger partial charge is 0.289 e. The van der Waals surface area contributed by atoms with Crippen molar-refractivity contribution < 1.29 is 13.6 Å². The van der Waals surface area contributed by atoms with E-state index in [2.05, 4.69) is 6.58 Å². The van der Waals surface area contributed by atoms with Gasteiger partial charge in [-0.25, -0.2) is 8.78 Å². The Kier molecular flexibility index (Phi) is 2.78. The molecule has 0 atom stereocenters. The molecule has 1 aromatic rings. The van der Waals surface area contributed by atoms with Gasteiger partial charge in [-0.3, -0.25) is 4.79 Å². The highest BCUT2D eigenvalue weighted by Crippen LogP contribution is 2.19. The molecule has 1 nitrogen and oxygen atoms in total. The summed E-state index contributed by atoms with van der Waals surface area (Å²) in [6.07, 6.45) is 0.908. The van der Waals surface area contributed by atoms with Crippen molar-refractivity contribution in [2.24, 2.45) is 0 Å². The maximum atomic E-state index is 12.9. The first-order valence-corrected chi connectivity index (χ1v) is 3.75. The van der Waals surface area contributed by atoms with Crippen LogP contribution in [0.3, 0.4) is 0 Å². The van der Waals surface area contributed by atoms with Gasteiger partial charge in [0.2, 0.25) is 0 Å². The molecule has 0 aromatic heterocycles. The van der Waals surface area contributed by atoms with Gasteiger partial charge < -0.3 is 0 Å². The number of carbonyl (C=O) groups excluding carboxylic acids is 1. The Hall–Kier alpha value is -1.22. The topological polar surface area (TPSA) is 17.1 Å². The Balaban J connectivity index is 3.31. The summed E-state index contributed by atoms with van der Waals surface area (Å²) in [6, 6.07) is 1.51. The van der Waals surface area contributed by atoms with Crippen LogP contribution < -0.4 is 0 Å². The van der Waals surface area contributed by atoms with E-state index in [4.69, 9.17) is 11.6 Å². The molecule has 0 saturated heterocycles. The maximum Gasteiger partial charge on any atom is 0.188 e. The highest BCUT2D eigenvalue weighted by atomic mass is 35.5. The highest BCUT2D eigenvalue weighted by molar-refractivity contribution is 6.30. The fraction of sp³-hybridized carbons (Fsp3) is 0. The number of ketones is 1. The molecular formula is C9H5ClF2O. The molecule has 1 rings (SSSR count). The van der Waals surface area contributed by atoms with Crippen molar-refractivity contribution in [2.45, 2.75) is 0 Å².